The SMILES string of the molecule is CCCCCCCCCCCCCCCCCCN1C=CN(C(C)C)C1CCCCCCCCCC. The summed E-state index contributed by atoms with van der Waals surface area (Å²) >= 11 is 0. The van der Waals surface area contributed by atoms with E-state index >= 15 is 0 Å². The van der Waals surface area contributed by atoms with Crippen LogP contribution in [0.3, 0.4) is 0 Å². The van der Waals surface area contributed by atoms with E-state index < -0.39 is 0 Å². The maximum Gasteiger partial charge on any atom is 0.101 e. The summed E-state index contributed by atoms with van der Waals surface area (Å²) in [7, 11) is 0. The molecule has 2 heteroatoms. The Morgan fingerprint density at radius 3 is 1.22 bits per heavy atom. The predicted molar refractivity (Wildman–Crippen MR) is 163 cm³/mol. The van der Waals surface area contributed by atoms with Gasteiger partial charge in [-0.2, -0.15) is 0 Å². The maximum absolute atomic E-state index is 2.66. The molecular weight excluding hydrogens is 436 g/mol. The molecule has 0 saturated carbocycles. The predicted octanol–water partition coefficient (Wildman–Crippen LogP) is 11.6. The van der Waals surface area contributed by atoms with E-state index in [4.69, 9.17) is 0 Å². The summed E-state index contributed by atoms with van der Waals surface area (Å²) in [5, 5.41) is 0. The van der Waals surface area contributed by atoms with Gasteiger partial charge in [0.05, 0.1) is 0 Å². The molecule has 1 heterocycles. The second-order valence-corrected chi connectivity index (χ2v) is 12.1. The van der Waals surface area contributed by atoms with Crippen molar-refractivity contribution in [3.8, 4) is 0 Å². The summed E-state index contributed by atoms with van der Waals surface area (Å²) in [5.41, 5.74) is 0. The summed E-state index contributed by atoms with van der Waals surface area (Å²) in [4.78, 5) is 5.26. The summed E-state index contributed by atoms with van der Waals surface area (Å²) in [6.45, 7) is 10.6. The van der Waals surface area contributed by atoms with Crippen LogP contribution in [0.15, 0.2) is 12.4 Å². The van der Waals surface area contributed by atoms with Crippen molar-refractivity contribution in [3.05, 3.63) is 12.4 Å². The molecule has 0 amide bonds. The molecule has 0 aromatic carbocycles. The average Bonchev–Trinajstić information content (AvgIpc) is 3.28. The van der Waals surface area contributed by atoms with Crippen LogP contribution in [-0.2, 0) is 0 Å². The standard InChI is InChI=1S/C34H68N2/c1-5-7-9-11-13-15-16-17-18-19-20-21-22-24-26-28-30-35-31-32-36(33(3)4)34(35)29-27-25-23-14-12-10-8-6-2/h31-34H,5-30H2,1-4H3. The molecule has 0 aromatic heterocycles. The lowest BCUT2D eigenvalue weighted by atomic mass is 10.0. The van der Waals surface area contributed by atoms with Crippen molar-refractivity contribution < 1.29 is 0 Å². The molecule has 1 atom stereocenters. The van der Waals surface area contributed by atoms with Gasteiger partial charge < -0.3 is 9.80 Å². The first-order chi connectivity index (χ1) is 17.7. The third-order valence-corrected chi connectivity index (χ3v) is 8.34. The van der Waals surface area contributed by atoms with Crippen LogP contribution in [0.1, 0.15) is 188 Å². The highest BCUT2D eigenvalue weighted by molar-refractivity contribution is 4.98. The van der Waals surface area contributed by atoms with Crippen LogP contribution in [0.2, 0.25) is 0 Å². The van der Waals surface area contributed by atoms with Crippen LogP contribution in [0.25, 0.3) is 0 Å². The third-order valence-electron chi connectivity index (χ3n) is 8.34. The van der Waals surface area contributed by atoms with E-state index in [1.54, 1.807) is 0 Å². The van der Waals surface area contributed by atoms with Gasteiger partial charge in [-0.1, -0.05) is 155 Å². The van der Waals surface area contributed by atoms with Gasteiger partial charge in [0.2, 0.25) is 0 Å². The van der Waals surface area contributed by atoms with Gasteiger partial charge in [0, 0.05) is 25.0 Å². The fourth-order valence-corrected chi connectivity index (χ4v) is 5.89. The highest BCUT2D eigenvalue weighted by atomic mass is 15.4. The van der Waals surface area contributed by atoms with Gasteiger partial charge in [-0.3, -0.25) is 0 Å². The number of hydrogen-bond acceptors (Lipinski definition) is 2. The summed E-state index contributed by atoms with van der Waals surface area (Å²) in [5.74, 6) is 0. The molecule has 1 unspecified atom stereocenters. The van der Waals surface area contributed by atoms with Gasteiger partial charge >= 0.3 is 0 Å². The summed E-state index contributed by atoms with van der Waals surface area (Å²) in [6, 6.07) is 0.607. The Labute approximate surface area is 229 Å². The van der Waals surface area contributed by atoms with Crippen molar-refractivity contribution in [2.24, 2.45) is 0 Å². The van der Waals surface area contributed by atoms with Crippen LogP contribution < -0.4 is 0 Å². The third kappa shape index (κ3) is 17.7. The molecule has 0 N–H and O–H groups in total. The van der Waals surface area contributed by atoms with Gasteiger partial charge in [0.1, 0.15) is 6.17 Å². The van der Waals surface area contributed by atoms with E-state index in [1.165, 1.54) is 167 Å². The largest absolute Gasteiger partial charge is 0.356 e. The van der Waals surface area contributed by atoms with Crippen molar-refractivity contribution in [1.29, 1.82) is 0 Å². The number of nitrogens with zero attached hydrogens (tertiary/aromatic N) is 2. The van der Waals surface area contributed by atoms with Crippen molar-refractivity contribution in [2.45, 2.75) is 200 Å². The van der Waals surface area contributed by atoms with Crippen LogP contribution in [-0.4, -0.2) is 28.6 Å². The molecule has 0 bridgehead atoms. The lowest BCUT2D eigenvalue weighted by Crippen LogP contribution is -2.42. The van der Waals surface area contributed by atoms with Crippen LogP contribution in [0.4, 0.5) is 0 Å². The zero-order valence-electron chi connectivity index (χ0n) is 25.6. The topological polar surface area (TPSA) is 6.48 Å². The van der Waals surface area contributed by atoms with Gasteiger partial charge in [-0.05, 0) is 33.1 Å². The van der Waals surface area contributed by atoms with E-state index in [0.29, 0.717) is 12.2 Å². The summed E-state index contributed by atoms with van der Waals surface area (Å²) in [6.07, 6.45) is 41.2. The van der Waals surface area contributed by atoms with E-state index in [1.807, 2.05) is 0 Å². The van der Waals surface area contributed by atoms with Gasteiger partial charge in [-0.15, -0.1) is 0 Å². The Morgan fingerprint density at radius 2 is 0.833 bits per heavy atom. The van der Waals surface area contributed by atoms with Crippen molar-refractivity contribution in [1.82, 2.24) is 9.80 Å². The highest BCUT2D eigenvalue weighted by Crippen LogP contribution is 2.25. The van der Waals surface area contributed by atoms with E-state index in [-0.39, 0.29) is 0 Å². The second kappa shape index (κ2) is 24.7. The normalized spacial score (nSPS) is 15.6. The molecule has 1 aliphatic rings. The van der Waals surface area contributed by atoms with E-state index in [2.05, 4.69) is 49.9 Å². The fourth-order valence-electron chi connectivity index (χ4n) is 5.89. The molecule has 0 spiro atoms. The van der Waals surface area contributed by atoms with Gasteiger partial charge in [0.15, 0.2) is 0 Å². The Kier molecular flexibility index (Phi) is 22.9. The molecule has 1 rings (SSSR count). The van der Waals surface area contributed by atoms with Crippen LogP contribution in [0.5, 0.6) is 0 Å². The molecule has 214 valence electrons. The fraction of sp³-hybridized carbons (Fsp3) is 0.941. The van der Waals surface area contributed by atoms with Crippen LogP contribution >= 0.6 is 0 Å². The highest BCUT2D eigenvalue weighted by Gasteiger charge is 2.26. The zero-order chi connectivity index (χ0) is 26.1. The first kappa shape index (κ1) is 33.4. The molecular formula is C34H68N2. The van der Waals surface area contributed by atoms with E-state index in [9.17, 15) is 0 Å². The molecule has 2 nitrogen and oxygen atoms in total. The van der Waals surface area contributed by atoms with Gasteiger partial charge in [-0.25, -0.2) is 0 Å². The molecule has 1 aliphatic heterocycles. The molecule has 0 aliphatic carbocycles. The smallest absolute Gasteiger partial charge is 0.101 e. The lowest BCUT2D eigenvalue weighted by molar-refractivity contribution is 0.114. The first-order valence-corrected chi connectivity index (χ1v) is 16.9. The minimum absolute atomic E-state index is 0.607. The monoisotopic (exact) mass is 505 g/mol. The van der Waals surface area contributed by atoms with Gasteiger partial charge in [0.25, 0.3) is 0 Å². The Bertz CT molecular complexity index is 472. The minimum Gasteiger partial charge on any atom is -0.356 e. The quantitative estimate of drug-likeness (QED) is 0.103. The first-order valence-electron chi connectivity index (χ1n) is 16.9. The molecule has 0 radical (unpaired) electrons. The zero-order valence-corrected chi connectivity index (χ0v) is 25.6. The van der Waals surface area contributed by atoms with Crippen LogP contribution in [0, 0.1) is 0 Å². The van der Waals surface area contributed by atoms with Crippen molar-refractivity contribution in [2.75, 3.05) is 6.54 Å². The second-order valence-electron chi connectivity index (χ2n) is 12.1. The summed E-state index contributed by atoms with van der Waals surface area (Å²) < 4.78 is 0. The lowest BCUT2D eigenvalue weighted by Gasteiger charge is -2.35. The number of unbranched alkanes of at least 4 members (excludes halogenated alkanes) is 22. The molecule has 36 heavy (non-hydrogen) atoms. The molecule has 0 saturated heterocycles. The van der Waals surface area contributed by atoms with Crippen molar-refractivity contribution >= 4 is 0 Å². The Morgan fingerprint density at radius 1 is 0.472 bits per heavy atom. The Balaban J connectivity index is 1.99. The molecule has 0 aromatic rings. The minimum atomic E-state index is 0.607. The van der Waals surface area contributed by atoms with Crippen molar-refractivity contribution in [3.63, 3.8) is 0 Å². The van der Waals surface area contributed by atoms with E-state index in [0.717, 1.165) is 0 Å². The molecule has 0 fully saturated rings. The number of hydrogen-bond donors (Lipinski definition) is 0. The average molecular weight is 505 g/mol. The number of rotatable bonds is 27. The Hall–Kier alpha value is -0.660. The maximum atomic E-state index is 2.66.